The molecule has 1 heterocycles. The van der Waals surface area contributed by atoms with Gasteiger partial charge in [0.15, 0.2) is 0 Å². The minimum absolute atomic E-state index is 0.0539. The van der Waals surface area contributed by atoms with Crippen LogP contribution in [0.15, 0.2) is 59.4 Å². The first kappa shape index (κ1) is 19.6. The van der Waals surface area contributed by atoms with E-state index in [0.717, 1.165) is 11.3 Å². The number of nitrogens with zero attached hydrogens (tertiary/aromatic N) is 2. The van der Waals surface area contributed by atoms with Crippen molar-refractivity contribution >= 4 is 23.2 Å². The molecule has 0 spiro atoms. The Hall–Kier alpha value is -3.19. The molecule has 144 valence electrons. The van der Waals surface area contributed by atoms with E-state index in [9.17, 15) is 9.59 Å². The van der Waals surface area contributed by atoms with Gasteiger partial charge in [0, 0.05) is 31.6 Å². The van der Waals surface area contributed by atoms with E-state index in [-0.39, 0.29) is 11.8 Å². The molecular formula is C21H21N3O3S. The fourth-order valence-electron chi connectivity index (χ4n) is 2.54. The van der Waals surface area contributed by atoms with E-state index in [4.69, 9.17) is 4.74 Å². The van der Waals surface area contributed by atoms with Gasteiger partial charge in [-0.05, 0) is 29.8 Å². The Morgan fingerprint density at radius 1 is 1.11 bits per heavy atom. The smallest absolute Gasteiger partial charge is 0.255 e. The fraction of sp³-hybridized carbons (Fsp3) is 0.190. The van der Waals surface area contributed by atoms with E-state index in [1.165, 1.54) is 16.2 Å². The second-order valence-electron chi connectivity index (χ2n) is 6.34. The third kappa shape index (κ3) is 4.95. The van der Waals surface area contributed by atoms with Crippen LogP contribution in [0, 0.1) is 0 Å². The SMILES string of the molecule is CN(C)C(=O)c1ccc(CNC(=O)c2ccccc2OCc2cscn2)cc1. The van der Waals surface area contributed by atoms with Crippen LogP contribution >= 0.6 is 11.3 Å². The molecule has 0 fully saturated rings. The van der Waals surface area contributed by atoms with Gasteiger partial charge in [-0.15, -0.1) is 11.3 Å². The van der Waals surface area contributed by atoms with E-state index < -0.39 is 0 Å². The van der Waals surface area contributed by atoms with Crippen LogP contribution < -0.4 is 10.1 Å². The van der Waals surface area contributed by atoms with Crippen molar-refractivity contribution in [3.63, 3.8) is 0 Å². The monoisotopic (exact) mass is 395 g/mol. The molecule has 0 saturated heterocycles. The maximum absolute atomic E-state index is 12.6. The topological polar surface area (TPSA) is 71.5 Å². The van der Waals surface area contributed by atoms with Crippen molar-refractivity contribution in [2.24, 2.45) is 0 Å². The molecule has 0 aliphatic carbocycles. The van der Waals surface area contributed by atoms with Crippen molar-refractivity contribution in [3.8, 4) is 5.75 Å². The number of para-hydroxylation sites is 1. The van der Waals surface area contributed by atoms with Crippen LogP contribution in [0.4, 0.5) is 0 Å². The number of amides is 2. The fourth-order valence-corrected chi connectivity index (χ4v) is 3.08. The van der Waals surface area contributed by atoms with Crippen molar-refractivity contribution in [2.75, 3.05) is 14.1 Å². The Morgan fingerprint density at radius 3 is 2.54 bits per heavy atom. The molecule has 3 aromatic rings. The number of hydrogen-bond acceptors (Lipinski definition) is 5. The van der Waals surface area contributed by atoms with Gasteiger partial charge in [0.05, 0.1) is 16.8 Å². The summed E-state index contributed by atoms with van der Waals surface area (Å²) < 4.78 is 5.76. The zero-order chi connectivity index (χ0) is 19.9. The normalized spacial score (nSPS) is 10.4. The molecule has 3 rings (SSSR count). The Balaban J connectivity index is 1.61. The summed E-state index contributed by atoms with van der Waals surface area (Å²) in [5.41, 5.74) is 4.56. The molecule has 2 aromatic carbocycles. The highest BCUT2D eigenvalue weighted by Crippen LogP contribution is 2.19. The second kappa shape index (κ2) is 9.14. The van der Waals surface area contributed by atoms with Crippen molar-refractivity contribution < 1.29 is 14.3 Å². The molecule has 0 radical (unpaired) electrons. The lowest BCUT2D eigenvalue weighted by atomic mass is 10.1. The zero-order valence-electron chi connectivity index (χ0n) is 15.7. The minimum Gasteiger partial charge on any atom is -0.486 e. The number of hydrogen-bond donors (Lipinski definition) is 1. The third-order valence-electron chi connectivity index (χ3n) is 4.05. The number of carbonyl (C=O) groups excluding carboxylic acids is 2. The summed E-state index contributed by atoms with van der Waals surface area (Å²) in [6, 6.07) is 14.3. The summed E-state index contributed by atoms with van der Waals surface area (Å²) in [6.07, 6.45) is 0. The lowest BCUT2D eigenvalue weighted by molar-refractivity contribution is 0.0827. The number of ether oxygens (including phenoxy) is 1. The van der Waals surface area contributed by atoms with Gasteiger partial charge in [0.25, 0.3) is 11.8 Å². The van der Waals surface area contributed by atoms with Gasteiger partial charge in [0.2, 0.25) is 0 Å². The van der Waals surface area contributed by atoms with Gasteiger partial charge in [-0.1, -0.05) is 24.3 Å². The van der Waals surface area contributed by atoms with E-state index in [1.807, 2.05) is 23.6 Å². The number of carbonyl (C=O) groups is 2. The first-order chi connectivity index (χ1) is 13.5. The molecule has 0 aliphatic heterocycles. The van der Waals surface area contributed by atoms with Crippen LogP contribution in [0.25, 0.3) is 0 Å². The molecule has 2 amide bonds. The molecule has 0 saturated carbocycles. The molecular weight excluding hydrogens is 374 g/mol. The Kier molecular flexibility index (Phi) is 6.39. The van der Waals surface area contributed by atoms with E-state index in [1.54, 1.807) is 49.9 Å². The summed E-state index contributed by atoms with van der Waals surface area (Å²) in [5.74, 6) is 0.240. The third-order valence-corrected chi connectivity index (χ3v) is 4.69. The number of nitrogens with one attached hydrogen (secondary N) is 1. The van der Waals surface area contributed by atoms with Crippen LogP contribution in [-0.4, -0.2) is 35.8 Å². The molecule has 1 aromatic heterocycles. The second-order valence-corrected chi connectivity index (χ2v) is 7.06. The Morgan fingerprint density at radius 2 is 1.86 bits per heavy atom. The molecule has 1 N–H and O–H groups in total. The van der Waals surface area contributed by atoms with Crippen LogP contribution in [0.1, 0.15) is 32.0 Å². The van der Waals surface area contributed by atoms with E-state index >= 15 is 0 Å². The van der Waals surface area contributed by atoms with Gasteiger partial charge in [-0.25, -0.2) is 4.98 Å². The van der Waals surface area contributed by atoms with Crippen molar-refractivity contribution in [1.29, 1.82) is 0 Å². The van der Waals surface area contributed by atoms with Crippen LogP contribution in [0.5, 0.6) is 5.75 Å². The average Bonchev–Trinajstić information content (AvgIpc) is 3.24. The highest BCUT2D eigenvalue weighted by Gasteiger charge is 2.13. The lowest BCUT2D eigenvalue weighted by Gasteiger charge is -2.12. The minimum atomic E-state index is -0.220. The predicted molar refractivity (Wildman–Crippen MR) is 109 cm³/mol. The zero-order valence-corrected chi connectivity index (χ0v) is 16.5. The molecule has 7 heteroatoms. The van der Waals surface area contributed by atoms with Crippen molar-refractivity contribution in [3.05, 3.63) is 81.8 Å². The number of rotatable bonds is 7. The summed E-state index contributed by atoms with van der Waals surface area (Å²) in [7, 11) is 3.43. The molecule has 0 atom stereocenters. The van der Waals surface area contributed by atoms with Crippen LogP contribution in [0.3, 0.4) is 0 Å². The Labute approximate surface area is 167 Å². The molecule has 6 nitrogen and oxygen atoms in total. The molecule has 0 bridgehead atoms. The van der Waals surface area contributed by atoms with E-state index in [2.05, 4.69) is 10.3 Å². The highest BCUT2D eigenvalue weighted by atomic mass is 32.1. The number of thiazole rings is 1. The summed E-state index contributed by atoms with van der Waals surface area (Å²) in [4.78, 5) is 30.2. The number of aromatic nitrogens is 1. The maximum Gasteiger partial charge on any atom is 0.255 e. The first-order valence-electron chi connectivity index (χ1n) is 8.72. The van der Waals surface area contributed by atoms with Gasteiger partial charge in [-0.2, -0.15) is 0 Å². The van der Waals surface area contributed by atoms with Crippen LogP contribution in [0.2, 0.25) is 0 Å². The van der Waals surface area contributed by atoms with Gasteiger partial charge < -0.3 is 15.0 Å². The van der Waals surface area contributed by atoms with Gasteiger partial charge >= 0.3 is 0 Å². The summed E-state index contributed by atoms with van der Waals surface area (Å²) in [6.45, 7) is 0.671. The first-order valence-corrected chi connectivity index (χ1v) is 9.66. The highest BCUT2D eigenvalue weighted by molar-refractivity contribution is 7.07. The lowest BCUT2D eigenvalue weighted by Crippen LogP contribution is -2.24. The van der Waals surface area contributed by atoms with Gasteiger partial charge in [-0.3, -0.25) is 9.59 Å². The van der Waals surface area contributed by atoms with Crippen LogP contribution in [-0.2, 0) is 13.2 Å². The predicted octanol–water partition coefficient (Wildman–Crippen LogP) is 3.35. The maximum atomic E-state index is 12.6. The van der Waals surface area contributed by atoms with Crippen molar-refractivity contribution in [1.82, 2.24) is 15.2 Å². The summed E-state index contributed by atoms with van der Waals surface area (Å²) in [5, 5.41) is 4.80. The molecule has 0 unspecified atom stereocenters. The molecule has 0 aliphatic rings. The number of benzene rings is 2. The quantitative estimate of drug-likeness (QED) is 0.666. The van der Waals surface area contributed by atoms with E-state index in [0.29, 0.717) is 30.0 Å². The molecule has 28 heavy (non-hydrogen) atoms. The van der Waals surface area contributed by atoms with Crippen molar-refractivity contribution in [2.45, 2.75) is 13.2 Å². The Bertz CT molecular complexity index is 938. The van der Waals surface area contributed by atoms with Gasteiger partial charge in [0.1, 0.15) is 12.4 Å². The standard InChI is InChI=1S/C21H21N3O3S/c1-24(2)21(26)16-9-7-15(8-10-16)11-22-20(25)18-5-3-4-6-19(18)27-12-17-13-28-14-23-17/h3-10,13-14H,11-12H2,1-2H3,(H,22,25). The summed E-state index contributed by atoms with van der Waals surface area (Å²) >= 11 is 1.50. The average molecular weight is 395 g/mol. The largest absolute Gasteiger partial charge is 0.486 e.